The highest BCUT2D eigenvalue weighted by Crippen LogP contribution is 2.43. The number of amides is 1. The molecule has 0 aromatic carbocycles. The maximum Gasteiger partial charge on any atom is 0.472 e. The molecule has 8 nitrogen and oxygen atoms in total. The molecule has 0 aliphatic rings. The fraction of sp³-hybridized carbons (Fsp3) is 0.951. The number of aliphatic hydroxyl groups excluding tert-OH is 1. The number of nitrogens with zero attached hydrogens (tertiary/aromatic N) is 1. The monoisotopic (exact) mass is 1010 g/mol. The van der Waals surface area contributed by atoms with Crippen molar-refractivity contribution < 1.29 is 32.9 Å². The van der Waals surface area contributed by atoms with Gasteiger partial charge in [-0.05, 0) is 38.5 Å². The first-order valence-corrected chi connectivity index (χ1v) is 32.5. The van der Waals surface area contributed by atoms with E-state index in [4.69, 9.17) is 9.05 Å². The molecule has 3 N–H and O–H groups in total. The average Bonchev–Trinajstić information content (AvgIpc) is 3.32. The molecule has 9 heteroatoms. The van der Waals surface area contributed by atoms with Gasteiger partial charge < -0.3 is 19.8 Å². The highest BCUT2D eigenvalue weighted by Gasteiger charge is 2.28. The number of phosphoric acid groups is 1. The summed E-state index contributed by atoms with van der Waals surface area (Å²) < 4.78 is 23.8. The fourth-order valence-corrected chi connectivity index (χ4v) is 10.4. The van der Waals surface area contributed by atoms with E-state index in [0.29, 0.717) is 23.9 Å². The maximum absolute atomic E-state index is 13.0. The van der Waals surface area contributed by atoms with Gasteiger partial charge in [0, 0.05) is 6.42 Å². The molecule has 0 saturated carbocycles. The van der Waals surface area contributed by atoms with Crippen LogP contribution in [0.2, 0.25) is 0 Å². The van der Waals surface area contributed by atoms with Crippen LogP contribution in [0.5, 0.6) is 0 Å². The molecule has 0 fully saturated rings. The minimum absolute atomic E-state index is 0.0778. The van der Waals surface area contributed by atoms with Crippen LogP contribution in [0.1, 0.15) is 322 Å². The van der Waals surface area contributed by atoms with E-state index in [1.165, 1.54) is 257 Å². The highest BCUT2D eigenvalue weighted by molar-refractivity contribution is 7.47. The number of hydrogen-bond acceptors (Lipinski definition) is 5. The Morgan fingerprint density at radius 1 is 0.471 bits per heavy atom. The molecule has 0 radical (unpaired) electrons. The Kier molecular flexibility index (Phi) is 52.5. The Hall–Kier alpha value is -0.760. The van der Waals surface area contributed by atoms with Crippen molar-refractivity contribution in [3.05, 3.63) is 12.2 Å². The molecular weight excluding hydrogens is 888 g/mol. The Morgan fingerprint density at radius 3 is 1.10 bits per heavy atom. The van der Waals surface area contributed by atoms with E-state index >= 15 is 0 Å². The van der Waals surface area contributed by atoms with Gasteiger partial charge >= 0.3 is 7.82 Å². The number of quaternary nitrogens is 1. The molecule has 3 unspecified atom stereocenters. The van der Waals surface area contributed by atoms with E-state index in [-0.39, 0.29) is 19.1 Å². The quantitative estimate of drug-likeness (QED) is 0.0243. The Balaban J connectivity index is 4.01. The zero-order valence-corrected chi connectivity index (χ0v) is 48.7. The zero-order valence-electron chi connectivity index (χ0n) is 47.8. The SMILES string of the molecule is CCCCCCCCCCCCCC/C=C\CCCCCCCCCCCCCCCCCC(=O)NC(COP(=O)(O)OCC[N+](C)(C)C)C(O)CCCCCCCCCCCCCCCCCCC. The lowest BCUT2D eigenvalue weighted by Crippen LogP contribution is -2.46. The Labute approximate surface area is 437 Å². The lowest BCUT2D eigenvalue weighted by Gasteiger charge is -2.26. The molecule has 0 aromatic heterocycles. The Bertz CT molecular complexity index is 1150. The summed E-state index contributed by atoms with van der Waals surface area (Å²) in [5, 5.41) is 14.1. The van der Waals surface area contributed by atoms with Crippen molar-refractivity contribution in [3.8, 4) is 0 Å². The van der Waals surface area contributed by atoms with E-state index in [9.17, 15) is 19.4 Å². The second-order valence-corrected chi connectivity index (χ2v) is 24.2. The van der Waals surface area contributed by atoms with E-state index in [0.717, 1.165) is 38.5 Å². The molecular formula is C61H124N2O6P+. The molecule has 0 aliphatic carbocycles. The first kappa shape index (κ1) is 69.2. The van der Waals surface area contributed by atoms with Gasteiger partial charge in [-0.1, -0.05) is 289 Å². The molecule has 0 aromatic rings. The van der Waals surface area contributed by atoms with Gasteiger partial charge in [-0.15, -0.1) is 0 Å². The topological polar surface area (TPSA) is 105 Å². The largest absolute Gasteiger partial charge is 0.472 e. The van der Waals surface area contributed by atoms with Crippen LogP contribution in [0.4, 0.5) is 0 Å². The fourth-order valence-electron chi connectivity index (χ4n) is 9.63. The van der Waals surface area contributed by atoms with Crippen LogP contribution < -0.4 is 5.32 Å². The molecule has 0 rings (SSSR count). The van der Waals surface area contributed by atoms with E-state index in [1.54, 1.807) is 0 Å². The van der Waals surface area contributed by atoms with Crippen molar-refractivity contribution >= 4 is 13.7 Å². The van der Waals surface area contributed by atoms with E-state index < -0.39 is 20.0 Å². The average molecular weight is 1010 g/mol. The lowest BCUT2D eigenvalue weighted by atomic mass is 10.0. The second-order valence-electron chi connectivity index (χ2n) is 22.8. The normalized spacial score (nSPS) is 13.9. The molecule has 0 saturated heterocycles. The minimum atomic E-state index is -4.32. The number of aliphatic hydroxyl groups is 1. The number of hydrogen-bond donors (Lipinski definition) is 3. The first-order valence-electron chi connectivity index (χ1n) is 31.1. The third-order valence-electron chi connectivity index (χ3n) is 14.5. The van der Waals surface area contributed by atoms with Gasteiger partial charge in [0.15, 0.2) is 0 Å². The third-order valence-corrected chi connectivity index (χ3v) is 15.5. The molecule has 1 amide bonds. The molecule has 70 heavy (non-hydrogen) atoms. The van der Waals surface area contributed by atoms with Crippen molar-refractivity contribution in [2.24, 2.45) is 0 Å². The summed E-state index contributed by atoms with van der Waals surface area (Å²) in [7, 11) is 1.63. The van der Waals surface area contributed by atoms with Crippen LogP contribution in [0.15, 0.2) is 12.2 Å². The maximum atomic E-state index is 13.0. The zero-order chi connectivity index (χ0) is 51.3. The van der Waals surface area contributed by atoms with Crippen molar-refractivity contribution in [2.45, 2.75) is 334 Å². The van der Waals surface area contributed by atoms with E-state index in [1.807, 2.05) is 21.1 Å². The van der Waals surface area contributed by atoms with Crippen molar-refractivity contribution in [1.29, 1.82) is 0 Å². The van der Waals surface area contributed by atoms with Crippen LogP contribution in [-0.2, 0) is 18.4 Å². The standard InChI is InChI=1S/C61H123N2O6P/c1-6-8-10-12-14-16-18-20-22-24-25-26-27-28-29-30-31-32-33-34-35-36-37-39-41-43-45-47-49-51-53-55-61(65)62-59(58-69-70(66,67)68-57-56-63(3,4)5)60(64)54-52-50-48-46-44-42-40-38-23-21-19-17-15-13-11-9-7-2/h28-29,59-60,64H,6-27,30-58H2,1-5H3,(H-,62,65,66,67)/p+1/b29-28-. The Morgan fingerprint density at radius 2 is 0.771 bits per heavy atom. The number of rotatable bonds is 58. The van der Waals surface area contributed by atoms with Gasteiger partial charge in [-0.25, -0.2) is 4.57 Å². The van der Waals surface area contributed by atoms with Gasteiger partial charge in [0.1, 0.15) is 13.2 Å². The lowest BCUT2D eigenvalue weighted by molar-refractivity contribution is -0.870. The van der Waals surface area contributed by atoms with Crippen LogP contribution in [0.25, 0.3) is 0 Å². The van der Waals surface area contributed by atoms with Crippen LogP contribution in [0, 0.1) is 0 Å². The summed E-state index contributed by atoms with van der Waals surface area (Å²) in [6.45, 7) is 4.94. The van der Waals surface area contributed by atoms with Crippen LogP contribution >= 0.6 is 7.82 Å². The minimum Gasteiger partial charge on any atom is -0.391 e. The smallest absolute Gasteiger partial charge is 0.391 e. The van der Waals surface area contributed by atoms with Gasteiger partial charge in [-0.3, -0.25) is 13.8 Å². The summed E-state index contributed by atoms with van der Waals surface area (Å²) >= 11 is 0. The number of unbranched alkanes of at least 4 members (excludes halogenated alkanes) is 43. The summed E-state index contributed by atoms with van der Waals surface area (Å²) in [6.07, 6.45) is 65.7. The predicted molar refractivity (Wildman–Crippen MR) is 305 cm³/mol. The number of likely N-dealkylation sites (N-methyl/N-ethyl adjacent to an activating group) is 1. The molecule has 3 atom stereocenters. The molecule has 0 heterocycles. The molecule has 0 bridgehead atoms. The molecule has 0 spiro atoms. The number of phosphoric ester groups is 1. The number of carbonyl (C=O) groups is 1. The number of nitrogens with one attached hydrogen (secondary N) is 1. The van der Waals surface area contributed by atoms with Gasteiger partial charge in [0.2, 0.25) is 5.91 Å². The summed E-state index contributed by atoms with van der Waals surface area (Å²) in [5.41, 5.74) is 0. The number of allylic oxidation sites excluding steroid dienone is 2. The van der Waals surface area contributed by atoms with Gasteiger partial charge in [0.05, 0.1) is 39.9 Å². The number of carbonyl (C=O) groups excluding carboxylic acids is 1. The first-order chi connectivity index (χ1) is 34.0. The van der Waals surface area contributed by atoms with Gasteiger partial charge in [0.25, 0.3) is 0 Å². The van der Waals surface area contributed by atoms with Gasteiger partial charge in [-0.2, -0.15) is 0 Å². The molecule has 0 aliphatic heterocycles. The summed E-state index contributed by atoms with van der Waals surface area (Å²) in [5.74, 6) is -0.138. The van der Waals surface area contributed by atoms with Crippen molar-refractivity contribution in [3.63, 3.8) is 0 Å². The van der Waals surface area contributed by atoms with E-state index in [2.05, 4.69) is 31.3 Å². The van der Waals surface area contributed by atoms with Crippen LogP contribution in [0.3, 0.4) is 0 Å². The summed E-state index contributed by atoms with van der Waals surface area (Å²) in [4.78, 5) is 23.4. The second kappa shape index (κ2) is 53.1. The predicted octanol–water partition coefficient (Wildman–Crippen LogP) is 19.0. The van der Waals surface area contributed by atoms with Crippen LogP contribution in [-0.4, -0.2) is 73.4 Å². The summed E-state index contributed by atoms with van der Waals surface area (Å²) in [6, 6.07) is -0.757. The van der Waals surface area contributed by atoms with Crippen molar-refractivity contribution in [2.75, 3.05) is 40.9 Å². The van der Waals surface area contributed by atoms with Crippen molar-refractivity contribution in [1.82, 2.24) is 5.32 Å². The third kappa shape index (κ3) is 55.0. The molecule has 418 valence electrons. The highest BCUT2D eigenvalue weighted by atomic mass is 31.2.